The van der Waals surface area contributed by atoms with Crippen molar-refractivity contribution < 1.29 is 42.1 Å². The maximum Gasteiger partial charge on any atom is 0.364 e. The van der Waals surface area contributed by atoms with Crippen LogP contribution in [0.2, 0.25) is 0 Å². The average molecular weight is 314 g/mol. The summed E-state index contributed by atoms with van der Waals surface area (Å²) in [5, 5.41) is 18.7. The van der Waals surface area contributed by atoms with Gasteiger partial charge in [0.2, 0.25) is 5.69 Å². The van der Waals surface area contributed by atoms with Crippen LogP contribution in [0.5, 0.6) is 0 Å². The van der Waals surface area contributed by atoms with Crippen molar-refractivity contribution in [2.24, 2.45) is 0 Å². The molecule has 1 rings (SSSR count). The van der Waals surface area contributed by atoms with Crippen molar-refractivity contribution in [2.45, 2.75) is 0 Å². The number of rotatable bonds is 2. The van der Waals surface area contributed by atoms with Gasteiger partial charge in [0.25, 0.3) is 0 Å². The van der Waals surface area contributed by atoms with Crippen LogP contribution in [0.3, 0.4) is 0 Å². The topological polar surface area (TPSA) is 146 Å². The molecule has 3 N–H and O–H groups in total. The molecular weight excluding hydrogens is 310 g/mol. The third-order valence-corrected chi connectivity index (χ3v) is 1.31. The number of aromatic amines is 2. The van der Waals surface area contributed by atoms with Crippen LogP contribution in [-0.2, 0) is 27.3 Å². The molecule has 0 bridgehead atoms. The second-order valence-corrected chi connectivity index (χ2v) is 2.19. The number of aromatic carboxylic acids is 1. The van der Waals surface area contributed by atoms with Crippen molar-refractivity contribution in [3.63, 3.8) is 0 Å². The maximum absolute atomic E-state index is 10.8. The molecule has 9 nitrogen and oxygen atoms in total. The Hall–Kier alpha value is -1.53. The summed E-state index contributed by atoms with van der Waals surface area (Å²) < 4.78 is 0. The first-order chi connectivity index (χ1) is 6.43. The summed E-state index contributed by atoms with van der Waals surface area (Å²) in [6.07, 6.45) is 0. The van der Waals surface area contributed by atoms with Crippen molar-refractivity contribution in [2.75, 3.05) is 0 Å². The van der Waals surface area contributed by atoms with Gasteiger partial charge in [-0.15, -0.1) is 0 Å². The van der Waals surface area contributed by atoms with Crippen LogP contribution >= 0.6 is 0 Å². The number of nitrogens with one attached hydrogen (secondary N) is 2. The molecule has 0 fully saturated rings. The predicted octanol–water partition coefficient (Wildman–Crippen LogP) is -1.33. The molecule has 1 aromatic heterocycles. The normalized spacial score (nSPS) is 9.07. The van der Waals surface area contributed by atoms with Crippen molar-refractivity contribution >= 4 is 11.7 Å². The van der Waals surface area contributed by atoms with Crippen molar-refractivity contribution in [1.29, 1.82) is 0 Å². The third kappa shape index (κ3) is 2.71. The van der Waals surface area contributed by atoms with Gasteiger partial charge in [0.1, 0.15) is 0 Å². The van der Waals surface area contributed by atoms with E-state index in [0.29, 0.717) is 0 Å². The summed E-state index contributed by atoms with van der Waals surface area (Å²) in [5.41, 5.74) is -4.70. The molecule has 0 unspecified atom stereocenters. The predicted molar refractivity (Wildman–Crippen MR) is 41.3 cm³/mol. The number of carboxylic acids is 1. The van der Waals surface area contributed by atoms with Gasteiger partial charge in [0.05, 0.1) is 4.92 Å². The molecule has 0 aliphatic heterocycles. The van der Waals surface area contributed by atoms with Gasteiger partial charge < -0.3 is 5.11 Å². The molecule has 0 aromatic carbocycles. The smallest absolute Gasteiger partial charge is 0.364 e. The van der Waals surface area contributed by atoms with Crippen LogP contribution in [0, 0.1) is 10.1 Å². The van der Waals surface area contributed by atoms with Crippen LogP contribution in [-0.4, -0.2) is 26.0 Å². The van der Waals surface area contributed by atoms with Gasteiger partial charge in [0, 0.05) is 27.3 Å². The van der Waals surface area contributed by atoms with Gasteiger partial charge in [-0.2, -0.15) is 0 Å². The molecule has 0 saturated heterocycles. The summed E-state index contributed by atoms with van der Waals surface area (Å²) in [4.78, 5) is 44.1. The first-order valence-electron chi connectivity index (χ1n) is 3.17. The Labute approximate surface area is 100 Å². The minimum Gasteiger partial charge on any atom is -0.476 e. The van der Waals surface area contributed by atoms with Gasteiger partial charge in [-0.05, 0) is 0 Å². The molecule has 1 heterocycles. The SMILES string of the molecule is O=C(O)c1[nH]c(=O)[nH]c(=O)c1[N+](=O)[O-].[Cd]. The molecule has 1 aromatic rings. The Bertz CT molecular complexity index is 516. The largest absolute Gasteiger partial charge is 0.476 e. The van der Waals surface area contributed by atoms with E-state index in [-0.39, 0.29) is 27.3 Å². The fourth-order valence-electron chi connectivity index (χ4n) is 0.809. The van der Waals surface area contributed by atoms with E-state index in [1.165, 1.54) is 0 Å². The fraction of sp³-hybridized carbons (Fsp3) is 0. The van der Waals surface area contributed by atoms with Gasteiger partial charge in [-0.1, -0.05) is 0 Å². The van der Waals surface area contributed by atoms with Gasteiger partial charge >= 0.3 is 22.9 Å². The standard InChI is InChI=1S/C5H3N3O6.Cd/c9-3-2(8(13)14)1(4(10)11)6-5(12)7-3;/h(H,10,11)(H2,6,7,9,12);. The maximum atomic E-state index is 10.8. The first-order valence-corrected chi connectivity index (χ1v) is 3.17. The molecule has 0 amide bonds. The van der Waals surface area contributed by atoms with E-state index < -0.39 is 33.5 Å². The van der Waals surface area contributed by atoms with Crippen molar-refractivity contribution in [3.8, 4) is 0 Å². The number of H-pyrrole nitrogens is 2. The zero-order chi connectivity index (χ0) is 10.9. The Morgan fingerprint density at radius 2 is 1.87 bits per heavy atom. The Morgan fingerprint density at radius 3 is 2.27 bits per heavy atom. The van der Waals surface area contributed by atoms with Gasteiger partial charge in [0.15, 0.2) is 0 Å². The summed E-state index contributed by atoms with van der Waals surface area (Å²) >= 11 is 0. The van der Waals surface area contributed by atoms with Gasteiger partial charge in [-0.25, -0.2) is 9.59 Å². The molecule has 0 aliphatic carbocycles. The fourth-order valence-corrected chi connectivity index (χ4v) is 0.809. The van der Waals surface area contributed by atoms with E-state index in [4.69, 9.17) is 5.11 Å². The molecule has 76 valence electrons. The molecule has 0 spiro atoms. The Kier molecular flexibility index (Phi) is 4.32. The number of carbonyl (C=O) groups is 1. The second kappa shape index (κ2) is 4.81. The molecule has 0 radical (unpaired) electrons. The molecular formula is C5H3CdN3O6. The van der Waals surface area contributed by atoms with E-state index in [1.807, 2.05) is 0 Å². The Balaban J connectivity index is 0.00000196. The number of nitro groups is 1. The molecule has 0 atom stereocenters. The summed E-state index contributed by atoms with van der Waals surface area (Å²) in [7, 11) is 0. The van der Waals surface area contributed by atoms with E-state index in [0.717, 1.165) is 0 Å². The Morgan fingerprint density at radius 1 is 1.33 bits per heavy atom. The molecule has 0 aliphatic rings. The quantitative estimate of drug-likeness (QED) is 0.350. The summed E-state index contributed by atoms with van der Waals surface area (Å²) in [5.74, 6) is -1.75. The number of hydrogen-bond acceptors (Lipinski definition) is 5. The van der Waals surface area contributed by atoms with E-state index >= 15 is 0 Å². The number of hydrogen-bond donors (Lipinski definition) is 3. The number of aromatic nitrogens is 2. The van der Waals surface area contributed by atoms with Crippen LogP contribution < -0.4 is 11.2 Å². The molecule has 0 saturated carbocycles. The minimum absolute atomic E-state index is 0. The van der Waals surface area contributed by atoms with Gasteiger partial charge in [-0.3, -0.25) is 24.9 Å². The van der Waals surface area contributed by atoms with E-state index in [2.05, 4.69) is 0 Å². The average Bonchev–Trinajstić information content (AvgIpc) is 2.01. The van der Waals surface area contributed by atoms with Crippen molar-refractivity contribution in [1.82, 2.24) is 9.97 Å². The van der Waals surface area contributed by atoms with E-state index in [1.54, 1.807) is 9.97 Å². The van der Waals surface area contributed by atoms with Crippen molar-refractivity contribution in [3.05, 3.63) is 36.6 Å². The molecule has 15 heavy (non-hydrogen) atoms. The van der Waals surface area contributed by atoms with Crippen LogP contribution in [0.25, 0.3) is 0 Å². The second-order valence-electron chi connectivity index (χ2n) is 2.19. The van der Waals surface area contributed by atoms with E-state index in [9.17, 15) is 24.5 Å². The summed E-state index contributed by atoms with van der Waals surface area (Å²) in [6, 6.07) is 0. The van der Waals surface area contributed by atoms with Crippen LogP contribution in [0.1, 0.15) is 10.5 Å². The summed E-state index contributed by atoms with van der Waals surface area (Å²) in [6.45, 7) is 0. The number of carboxylic acid groups (broad SMARTS) is 1. The zero-order valence-corrected chi connectivity index (χ0v) is 11.2. The minimum atomic E-state index is -1.75. The molecule has 10 heteroatoms. The van der Waals surface area contributed by atoms with Crippen LogP contribution in [0.15, 0.2) is 9.59 Å². The third-order valence-electron chi connectivity index (χ3n) is 1.31. The van der Waals surface area contributed by atoms with Crippen LogP contribution in [0.4, 0.5) is 5.69 Å². The zero-order valence-electron chi connectivity index (χ0n) is 7.14. The monoisotopic (exact) mass is 315 g/mol. The number of nitrogens with zero attached hydrogens (tertiary/aromatic N) is 1. The first kappa shape index (κ1) is 13.5.